The number of carbonyl (C=O) groups excluding carboxylic acids is 1. The number of carbonyl (C=O) groups is 1. The van der Waals surface area contributed by atoms with E-state index in [9.17, 15) is 4.79 Å². The molecule has 4 fully saturated rings. The lowest BCUT2D eigenvalue weighted by Crippen LogP contribution is -2.52. The average molecular weight is 262 g/mol. The van der Waals surface area contributed by atoms with E-state index in [1.54, 1.807) is 0 Å². The summed E-state index contributed by atoms with van der Waals surface area (Å²) in [6.45, 7) is 4.22. The van der Waals surface area contributed by atoms with E-state index in [0.29, 0.717) is 11.8 Å². The molecule has 0 bridgehead atoms. The quantitative estimate of drug-likeness (QED) is 0.761. The highest BCUT2D eigenvalue weighted by molar-refractivity contribution is 5.79. The van der Waals surface area contributed by atoms with Crippen LogP contribution in [0.5, 0.6) is 0 Å². The van der Waals surface area contributed by atoms with Crippen molar-refractivity contribution in [2.24, 2.45) is 17.8 Å². The molecule has 1 saturated heterocycles. The predicted molar refractivity (Wildman–Crippen MR) is 74.7 cm³/mol. The summed E-state index contributed by atoms with van der Waals surface area (Å²) in [6.07, 6.45) is 9.42. The van der Waals surface area contributed by atoms with Crippen LogP contribution in [0, 0.1) is 17.8 Å². The maximum absolute atomic E-state index is 12.5. The zero-order valence-electron chi connectivity index (χ0n) is 11.9. The monoisotopic (exact) mass is 262 g/mol. The van der Waals surface area contributed by atoms with E-state index < -0.39 is 0 Å². The van der Waals surface area contributed by atoms with E-state index in [0.717, 1.165) is 44.1 Å². The first-order valence-electron chi connectivity index (χ1n) is 8.34. The molecule has 0 N–H and O–H groups in total. The molecular formula is C16H26N2O. The molecule has 3 nitrogen and oxygen atoms in total. The number of rotatable bonds is 2. The first kappa shape index (κ1) is 12.2. The normalized spacial score (nSPS) is 39.6. The molecule has 0 aromatic heterocycles. The smallest absolute Gasteiger partial charge is 0.225 e. The van der Waals surface area contributed by atoms with Crippen molar-refractivity contribution in [1.29, 1.82) is 0 Å². The topological polar surface area (TPSA) is 23.6 Å². The summed E-state index contributed by atoms with van der Waals surface area (Å²) in [7, 11) is 0. The minimum absolute atomic E-state index is 0.391. The van der Waals surface area contributed by atoms with Gasteiger partial charge in [0.2, 0.25) is 5.91 Å². The van der Waals surface area contributed by atoms with Crippen molar-refractivity contribution in [3.63, 3.8) is 0 Å². The van der Waals surface area contributed by atoms with Gasteiger partial charge < -0.3 is 4.90 Å². The fourth-order valence-electron chi connectivity index (χ4n) is 4.75. The van der Waals surface area contributed by atoms with Gasteiger partial charge in [-0.25, -0.2) is 0 Å². The first-order chi connectivity index (χ1) is 9.31. The molecule has 3 aliphatic carbocycles. The lowest BCUT2D eigenvalue weighted by molar-refractivity contribution is -0.137. The van der Waals surface area contributed by atoms with Gasteiger partial charge in [-0.2, -0.15) is 0 Å². The van der Waals surface area contributed by atoms with Gasteiger partial charge in [0, 0.05) is 38.1 Å². The summed E-state index contributed by atoms with van der Waals surface area (Å²) in [5.74, 6) is 2.72. The lowest BCUT2D eigenvalue weighted by Gasteiger charge is -2.39. The van der Waals surface area contributed by atoms with E-state index in [4.69, 9.17) is 0 Å². The van der Waals surface area contributed by atoms with Gasteiger partial charge in [0.05, 0.1) is 0 Å². The Morgan fingerprint density at radius 1 is 0.842 bits per heavy atom. The summed E-state index contributed by atoms with van der Waals surface area (Å²) in [4.78, 5) is 17.3. The molecule has 0 radical (unpaired) electrons. The SMILES string of the molecule is O=C(C1CC2CC2C1)N1CCN(C2CCCC2)CC1. The Hall–Kier alpha value is -0.570. The number of hydrogen-bond acceptors (Lipinski definition) is 2. The molecule has 0 spiro atoms. The molecule has 1 aliphatic heterocycles. The molecule has 4 rings (SSSR count). The summed E-state index contributed by atoms with van der Waals surface area (Å²) in [5.41, 5.74) is 0. The Bertz CT molecular complexity index is 346. The number of nitrogens with zero attached hydrogens (tertiary/aromatic N) is 2. The fraction of sp³-hybridized carbons (Fsp3) is 0.938. The molecule has 1 amide bonds. The van der Waals surface area contributed by atoms with Crippen molar-refractivity contribution >= 4 is 5.91 Å². The largest absolute Gasteiger partial charge is 0.340 e. The second-order valence-corrected chi connectivity index (χ2v) is 7.22. The summed E-state index contributed by atoms with van der Waals surface area (Å²) >= 11 is 0. The molecule has 4 aliphatic rings. The van der Waals surface area contributed by atoms with Crippen LogP contribution in [0.25, 0.3) is 0 Å². The van der Waals surface area contributed by atoms with Gasteiger partial charge in [0.1, 0.15) is 0 Å². The molecule has 106 valence electrons. The van der Waals surface area contributed by atoms with Gasteiger partial charge in [-0.15, -0.1) is 0 Å². The molecule has 0 aromatic rings. The summed E-state index contributed by atoms with van der Waals surface area (Å²) < 4.78 is 0. The van der Waals surface area contributed by atoms with Crippen LogP contribution in [0.15, 0.2) is 0 Å². The van der Waals surface area contributed by atoms with Gasteiger partial charge >= 0.3 is 0 Å². The Labute approximate surface area is 116 Å². The van der Waals surface area contributed by atoms with E-state index in [1.165, 1.54) is 44.9 Å². The van der Waals surface area contributed by atoms with E-state index in [1.807, 2.05) is 0 Å². The van der Waals surface area contributed by atoms with Crippen molar-refractivity contribution in [3.8, 4) is 0 Å². The predicted octanol–water partition coefficient (Wildman–Crippen LogP) is 2.12. The standard InChI is InChI=1S/C16H26N2O/c19-16(14-10-12-9-13(12)11-14)18-7-5-17(6-8-18)15-3-1-2-4-15/h12-15H,1-11H2. The maximum atomic E-state index is 12.5. The van der Waals surface area contributed by atoms with Gasteiger partial charge in [0.15, 0.2) is 0 Å². The van der Waals surface area contributed by atoms with Crippen molar-refractivity contribution in [1.82, 2.24) is 9.80 Å². The summed E-state index contributed by atoms with van der Waals surface area (Å²) in [6, 6.07) is 0.830. The van der Waals surface area contributed by atoms with Crippen LogP contribution >= 0.6 is 0 Å². The molecule has 1 heterocycles. The van der Waals surface area contributed by atoms with Gasteiger partial charge in [-0.3, -0.25) is 9.69 Å². The number of amides is 1. The van der Waals surface area contributed by atoms with Crippen LogP contribution < -0.4 is 0 Å². The molecular weight excluding hydrogens is 236 g/mol. The zero-order chi connectivity index (χ0) is 12.8. The molecule has 2 unspecified atom stereocenters. The fourth-order valence-corrected chi connectivity index (χ4v) is 4.75. The van der Waals surface area contributed by atoms with Crippen molar-refractivity contribution < 1.29 is 4.79 Å². The average Bonchev–Trinajstić information content (AvgIpc) is 2.88. The van der Waals surface area contributed by atoms with E-state index >= 15 is 0 Å². The van der Waals surface area contributed by atoms with Gasteiger partial charge in [-0.1, -0.05) is 12.8 Å². The van der Waals surface area contributed by atoms with Crippen LogP contribution in [-0.2, 0) is 4.79 Å². The summed E-state index contributed by atoms with van der Waals surface area (Å²) in [5, 5.41) is 0. The molecule has 0 aromatic carbocycles. The molecule has 2 atom stereocenters. The van der Waals surface area contributed by atoms with Crippen molar-refractivity contribution in [3.05, 3.63) is 0 Å². The Morgan fingerprint density at radius 3 is 2.11 bits per heavy atom. The third-order valence-electron chi connectivity index (χ3n) is 6.06. The van der Waals surface area contributed by atoms with E-state index in [-0.39, 0.29) is 0 Å². The zero-order valence-corrected chi connectivity index (χ0v) is 11.9. The lowest BCUT2D eigenvalue weighted by atomic mass is 10.0. The van der Waals surface area contributed by atoms with Gasteiger partial charge in [-0.05, 0) is 43.9 Å². The molecule has 19 heavy (non-hydrogen) atoms. The minimum Gasteiger partial charge on any atom is -0.340 e. The molecule has 3 heteroatoms. The number of hydrogen-bond donors (Lipinski definition) is 0. The van der Waals surface area contributed by atoms with Crippen LogP contribution in [-0.4, -0.2) is 47.9 Å². The van der Waals surface area contributed by atoms with Gasteiger partial charge in [0.25, 0.3) is 0 Å². The number of piperazine rings is 1. The Kier molecular flexibility index (Phi) is 3.06. The highest BCUT2D eigenvalue weighted by Crippen LogP contribution is 2.54. The second kappa shape index (κ2) is 4.76. The van der Waals surface area contributed by atoms with Crippen LogP contribution in [0.3, 0.4) is 0 Å². The number of fused-ring (bicyclic) bond motifs is 1. The van der Waals surface area contributed by atoms with Crippen molar-refractivity contribution in [2.45, 2.75) is 51.0 Å². The molecule has 3 saturated carbocycles. The minimum atomic E-state index is 0.391. The highest BCUT2D eigenvalue weighted by Gasteiger charge is 2.48. The van der Waals surface area contributed by atoms with Crippen LogP contribution in [0.2, 0.25) is 0 Å². The Morgan fingerprint density at radius 2 is 1.47 bits per heavy atom. The maximum Gasteiger partial charge on any atom is 0.225 e. The van der Waals surface area contributed by atoms with Crippen LogP contribution in [0.4, 0.5) is 0 Å². The second-order valence-electron chi connectivity index (χ2n) is 7.22. The highest BCUT2D eigenvalue weighted by atomic mass is 16.2. The first-order valence-corrected chi connectivity index (χ1v) is 8.34. The van der Waals surface area contributed by atoms with Crippen LogP contribution in [0.1, 0.15) is 44.9 Å². The van der Waals surface area contributed by atoms with Crippen molar-refractivity contribution in [2.75, 3.05) is 26.2 Å². The Balaban J connectivity index is 1.28. The third kappa shape index (κ3) is 2.31. The third-order valence-corrected chi connectivity index (χ3v) is 6.06. The van der Waals surface area contributed by atoms with E-state index in [2.05, 4.69) is 9.80 Å².